The van der Waals surface area contributed by atoms with Crippen molar-refractivity contribution in [2.24, 2.45) is 0 Å². The minimum atomic E-state index is -0.812. The molecule has 1 aromatic carbocycles. The van der Waals surface area contributed by atoms with Crippen molar-refractivity contribution >= 4 is 52.2 Å². The molecule has 0 saturated carbocycles. The van der Waals surface area contributed by atoms with Crippen LogP contribution in [0.1, 0.15) is 44.6 Å². The molecule has 8 nitrogen and oxygen atoms in total. The van der Waals surface area contributed by atoms with Crippen LogP contribution in [0.5, 0.6) is 11.5 Å². The highest BCUT2D eigenvalue weighted by Gasteiger charge is 2.32. The summed E-state index contributed by atoms with van der Waals surface area (Å²) in [5.41, 5.74) is 0.784. The van der Waals surface area contributed by atoms with E-state index in [9.17, 15) is 14.4 Å². The van der Waals surface area contributed by atoms with Gasteiger partial charge in [0.05, 0.1) is 18.6 Å². The number of amides is 2. The van der Waals surface area contributed by atoms with E-state index in [-0.39, 0.29) is 31.2 Å². The van der Waals surface area contributed by atoms with Gasteiger partial charge in [-0.25, -0.2) is 0 Å². The van der Waals surface area contributed by atoms with Gasteiger partial charge in [0.15, 0.2) is 11.5 Å². The van der Waals surface area contributed by atoms with Crippen molar-refractivity contribution in [2.45, 2.75) is 39.0 Å². The Morgan fingerprint density at radius 3 is 2.69 bits per heavy atom. The summed E-state index contributed by atoms with van der Waals surface area (Å²) in [6.07, 6.45) is 4.07. The zero-order valence-corrected chi connectivity index (χ0v) is 19.9. The number of thiocarbonyl (C=S) groups is 1. The minimum Gasteiger partial charge on any atom is -0.493 e. The van der Waals surface area contributed by atoms with Crippen LogP contribution in [0.25, 0.3) is 6.08 Å². The molecule has 1 fully saturated rings. The zero-order valence-electron chi connectivity index (χ0n) is 18.2. The Morgan fingerprint density at radius 1 is 1.22 bits per heavy atom. The normalized spacial score (nSPS) is 14.7. The van der Waals surface area contributed by atoms with Crippen LogP contribution in [-0.4, -0.2) is 58.9 Å². The van der Waals surface area contributed by atoms with Gasteiger partial charge in [-0.2, -0.15) is 0 Å². The van der Waals surface area contributed by atoms with Crippen LogP contribution in [-0.2, 0) is 14.4 Å². The quantitative estimate of drug-likeness (QED) is 0.251. The van der Waals surface area contributed by atoms with E-state index in [0.29, 0.717) is 46.7 Å². The summed E-state index contributed by atoms with van der Waals surface area (Å²) in [6.45, 7) is 3.10. The molecule has 0 unspecified atom stereocenters. The predicted octanol–water partition coefficient (Wildman–Crippen LogP) is 3.45. The second kappa shape index (κ2) is 13.1. The molecule has 1 aliphatic rings. The number of carbonyl (C=O) groups is 3. The van der Waals surface area contributed by atoms with Gasteiger partial charge in [-0.05, 0) is 43.5 Å². The van der Waals surface area contributed by atoms with Crippen LogP contribution in [0.4, 0.5) is 0 Å². The lowest BCUT2D eigenvalue weighted by Crippen LogP contribution is -2.33. The fourth-order valence-electron chi connectivity index (χ4n) is 3.00. The first-order chi connectivity index (χ1) is 15.3. The number of thioether (sulfide) groups is 1. The van der Waals surface area contributed by atoms with Gasteiger partial charge >= 0.3 is 5.97 Å². The molecule has 0 aromatic heterocycles. The van der Waals surface area contributed by atoms with Gasteiger partial charge in [-0.15, -0.1) is 0 Å². The Morgan fingerprint density at radius 2 is 2.00 bits per heavy atom. The highest BCUT2D eigenvalue weighted by atomic mass is 32.2. The van der Waals surface area contributed by atoms with E-state index in [1.54, 1.807) is 25.3 Å². The average molecular weight is 481 g/mol. The first kappa shape index (κ1) is 25.7. The molecule has 174 valence electrons. The van der Waals surface area contributed by atoms with Gasteiger partial charge < -0.3 is 19.9 Å². The third-order valence-electron chi connectivity index (χ3n) is 4.61. The standard InChI is InChI=1S/C22H28N2O6S2/c1-3-30-16-9-8-15(13-17(16)29-2)14-18-21(28)24(22(31)32-18)12-10-19(25)23-11-6-4-5-7-20(26)27/h8-9,13-14H,3-7,10-12H2,1-2H3,(H,23,25)(H,26,27). The molecular weight excluding hydrogens is 452 g/mol. The number of carboxylic acid groups (broad SMARTS) is 1. The molecule has 1 aromatic rings. The maximum Gasteiger partial charge on any atom is 0.303 e. The lowest BCUT2D eigenvalue weighted by molar-refractivity contribution is -0.137. The lowest BCUT2D eigenvalue weighted by atomic mass is 10.2. The van der Waals surface area contributed by atoms with E-state index in [2.05, 4.69) is 5.32 Å². The Kier molecular flexibility index (Phi) is 10.5. The van der Waals surface area contributed by atoms with E-state index in [0.717, 1.165) is 12.0 Å². The highest BCUT2D eigenvalue weighted by Crippen LogP contribution is 2.34. The van der Waals surface area contributed by atoms with E-state index >= 15 is 0 Å². The number of carboxylic acids is 1. The van der Waals surface area contributed by atoms with Crippen LogP contribution in [0.3, 0.4) is 0 Å². The molecule has 1 aliphatic heterocycles. The molecule has 10 heteroatoms. The molecule has 1 heterocycles. The number of benzene rings is 1. The van der Waals surface area contributed by atoms with Crippen LogP contribution in [0.15, 0.2) is 23.1 Å². The lowest BCUT2D eigenvalue weighted by Gasteiger charge is -2.14. The molecule has 2 N–H and O–H groups in total. The van der Waals surface area contributed by atoms with E-state index in [4.69, 9.17) is 26.8 Å². The number of nitrogens with zero attached hydrogens (tertiary/aromatic N) is 1. The summed E-state index contributed by atoms with van der Waals surface area (Å²) in [5.74, 6) is 0.00313. The maximum absolute atomic E-state index is 12.8. The Labute approximate surface area is 197 Å². The predicted molar refractivity (Wildman–Crippen MR) is 128 cm³/mol. The number of hydrogen-bond donors (Lipinski definition) is 2. The van der Waals surface area contributed by atoms with E-state index < -0.39 is 5.97 Å². The first-order valence-electron chi connectivity index (χ1n) is 10.4. The molecule has 0 bridgehead atoms. The van der Waals surface area contributed by atoms with Crippen molar-refractivity contribution in [3.05, 3.63) is 28.7 Å². The molecule has 2 rings (SSSR count). The topological polar surface area (TPSA) is 105 Å². The van der Waals surface area contributed by atoms with Crippen LogP contribution in [0, 0.1) is 0 Å². The van der Waals surface area contributed by atoms with Crippen LogP contribution >= 0.6 is 24.0 Å². The van der Waals surface area contributed by atoms with E-state index in [1.165, 1.54) is 16.7 Å². The number of methoxy groups -OCH3 is 1. The summed E-state index contributed by atoms with van der Waals surface area (Å²) in [7, 11) is 1.56. The summed E-state index contributed by atoms with van der Waals surface area (Å²) in [4.78, 5) is 37.2. The molecule has 1 saturated heterocycles. The number of hydrogen-bond acceptors (Lipinski definition) is 7. The van der Waals surface area contributed by atoms with E-state index in [1.807, 2.05) is 13.0 Å². The number of unbranched alkanes of at least 4 members (excludes halogenated alkanes) is 2. The van der Waals surface area contributed by atoms with Gasteiger partial charge in [0.2, 0.25) is 5.91 Å². The highest BCUT2D eigenvalue weighted by molar-refractivity contribution is 8.26. The molecular formula is C22H28N2O6S2. The fraction of sp³-hybridized carbons (Fsp3) is 0.455. The molecule has 0 spiro atoms. The summed E-state index contributed by atoms with van der Waals surface area (Å²) in [6, 6.07) is 5.42. The van der Waals surface area contributed by atoms with Gasteiger partial charge in [-0.1, -0.05) is 36.5 Å². The third kappa shape index (κ3) is 7.83. The molecule has 0 atom stereocenters. The summed E-state index contributed by atoms with van der Waals surface area (Å²) < 4.78 is 11.3. The van der Waals surface area contributed by atoms with Crippen LogP contribution < -0.4 is 14.8 Å². The minimum absolute atomic E-state index is 0.138. The zero-order chi connectivity index (χ0) is 23.5. The van der Waals surface area contributed by atoms with Crippen molar-refractivity contribution in [3.8, 4) is 11.5 Å². The third-order valence-corrected chi connectivity index (χ3v) is 5.99. The summed E-state index contributed by atoms with van der Waals surface area (Å²) in [5, 5.41) is 11.4. The number of carbonyl (C=O) groups excluding carboxylic acids is 2. The number of aliphatic carboxylic acids is 1. The molecule has 32 heavy (non-hydrogen) atoms. The number of ether oxygens (including phenoxy) is 2. The van der Waals surface area contributed by atoms with Crippen molar-refractivity contribution in [2.75, 3.05) is 26.8 Å². The maximum atomic E-state index is 12.8. The Balaban J connectivity index is 1.86. The fourth-order valence-corrected chi connectivity index (χ4v) is 4.31. The SMILES string of the molecule is CCOc1ccc(C=C2SC(=S)N(CCC(=O)NCCCCCC(=O)O)C2=O)cc1OC. The number of nitrogens with one attached hydrogen (secondary N) is 1. The summed E-state index contributed by atoms with van der Waals surface area (Å²) >= 11 is 6.53. The second-order valence-corrected chi connectivity index (χ2v) is 8.66. The molecule has 0 radical (unpaired) electrons. The monoisotopic (exact) mass is 480 g/mol. The van der Waals surface area contributed by atoms with Gasteiger partial charge in [0.25, 0.3) is 5.91 Å². The van der Waals surface area contributed by atoms with Gasteiger partial charge in [0, 0.05) is 25.9 Å². The Hall–Kier alpha value is -2.59. The van der Waals surface area contributed by atoms with Gasteiger partial charge in [-0.3, -0.25) is 19.3 Å². The van der Waals surface area contributed by atoms with Crippen LogP contribution in [0.2, 0.25) is 0 Å². The molecule has 2 amide bonds. The molecule has 0 aliphatic carbocycles. The smallest absolute Gasteiger partial charge is 0.303 e. The van der Waals surface area contributed by atoms with Crippen molar-refractivity contribution < 1.29 is 29.0 Å². The number of rotatable bonds is 13. The van der Waals surface area contributed by atoms with Crippen molar-refractivity contribution in [1.82, 2.24) is 10.2 Å². The first-order valence-corrected chi connectivity index (χ1v) is 11.6. The average Bonchev–Trinajstić information content (AvgIpc) is 3.02. The Bertz CT molecular complexity index is 887. The van der Waals surface area contributed by atoms with Gasteiger partial charge in [0.1, 0.15) is 4.32 Å². The largest absolute Gasteiger partial charge is 0.493 e. The van der Waals surface area contributed by atoms with Crippen molar-refractivity contribution in [1.29, 1.82) is 0 Å². The second-order valence-electron chi connectivity index (χ2n) is 6.98. The van der Waals surface area contributed by atoms with Crippen molar-refractivity contribution in [3.63, 3.8) is 0 Å².